The van der Waals surface area contributed by atoms with Crippen LogP contribution in [0.5, 0.6) is 0 Å². The Labute approximate surface area is 102 Å². The molecular formula is C10H15F3N2O3. The number of carbonyl (C=O) groups is 2. The van der Waals surface area contributed by atoms with Crippen molar-refractivity contribution in [2.75, 3.05) is 7.05 Å². The fourth-order valence-electron chi connectivity index (χ4n) is 1.49. The molecule has 0 bridgehead atoms. The minimum atomic E-state index is -5.06. The Balaban J connectivity index is 2.78. The van der Waals surface area contributed by atoms with Crippen LogP contribution in [0.25, 0.3) is 0 Å². The fraction of sp³-hybridized carbons (Fsp3) is 0.800. The van der Waals surface area contributed by atoms with Crippen LogP contribution in [0.1, 0.15) is 26.2 Å². The maximum atomic E-state index is 12.7. The Bertz CT molecular complexity index is 355. The van der Waals surface area contributed by atoms with E-state index in [0.717, 1.165) is 24.2 Å². The lowest BCUT2D eigenvalue weighted by Gasteiger charge is -2.37. The molecule has 1 saturated carbocycles. The summed E-state index contributed by atoms with van der Waals surface area (Å²) in [6.45, 7) is 0.432. The lowest BCUT2D eigenvalue weighted by Crippen LogP contribution is -2.64. The molecule has 0 aromatic rings. The van der Waals surface area contributed by atoms with Gasteiger partial charge in [-0.3, -0.25) is 0 Å². The Morgan fingerprint density at radius 1 is 1.33 bits per heavy atom. The molecule has 1 atom stereocenters. The normalized spacial score (nSPS) is 19.6. The van der Waals surface area contributed by atoms with E-state index in [4.69, 9.17) is 5.11 Å². The zero-order valence-electron chi connectivity index (χ0n) is 10.0. The Morgan fingerprint density at radius 3 is 2.11 bits per heavy atom. The molecule has 0 aromatic carbocycles. The highest BCUT2D eigenvalue weighted by Gasteiger charge is 2.59. The molecule has 0 saturated heterocycles. The van der Waals surface area contributed by atoms with Gasteiger partial charge in [0.1, 0.15) is 0 Å². The van der Waals surface area contributed by atoms with Gasteiger partial charge in [0.25, 0.3) is 0 Å². The number of carbonyl (C=O) groups excluding carboxylic acids is 1. The summed E-state index contributed by atoms with van der Waals surface area (Å²) in [5, 5.41) is 10.2. The molecule has 8 heteroatoms. The summed E-state index contributed by atoms with van der Waals surface area (Å²) in [6, 6.07) is -1.14. The summed E-state index contributed by atoms with van der Waals surface area (Å²) < 4.78 is 38.0. The summed E-state index contributed by atoms with van der Waals surface area (Å²) in [5.41, 5.74) is -3.28. The third-order valence-corrected chi connectivity index (χ3v) is 3.29. The van der Waals surface area contributed by atoms with Crippen LogP contribution in [0.3, 0.4) is 0 Å². The van der Waals surface area contributed by atoms with E-state index in [-0.39, 0.29) is 6.04 Å². The first kappa shape index (κ1) is 14.6. The Morgan fingerprint density at radius 2 is 1.83 bits per heavy atom. The summed E-state index contributed by atoms with van der Waals surface area (Å²) in [5.74, 6) is -2.13. The summed E-state index contributed by atoms with van der Waals surface area (Å²) in [4.78, 5) is 23.4. The Kier molecular flexibility index (Phi) is 3.78. The van der Waals surface area contributed by atoms with Crippen molar-refractivity contribution in [3.05, 3.63) is 0 Å². The number of aliphatic carboxylic acids is 1. The molecule has 0 spiro atoms. The maximum Gasteiger partial charge on any atom is 0.422 e. The van der Waals surface area contributed by atoms with Gasteiger partial charge in [-0.25, -0.2) is 9.59 Å². The van der Waals surface area contributed by atoms with E-state index in [1.165, 1.54) is 7.05 Å². The first-order valence-corrected chi connectivity index (χ1v) is 5.44. The molecule has 18 heavy (non-hydrogen) atoms. The molecule has 104 valence electrons. The number of urea groups is 1. The van der Waals surface area contributed by atoms with E-state index in [1.54, 1.807) is 5.32 Å². The van der Waals surface area contributed by atoms with E-state index in [1.807, 2.05) is 0 Å². The van der Waals surface area contributed by atoms with Gasteiger partial charge >= 0.3 is 18.2 Å². The first-order chi connectivity index (χ1) is 8.09. The summed E-state index contributed by atoms with van der Waals surface area (Å²) in [7, 11) is 1.36. The van der Waals surface area contributed by atoms with Crippen LogP contribution in [-0.4, -0.2) is 46.8 Å². The molecule has 2 N–H and O–H groups in total. The molecule has 1 aliphatic carbocycles. The second-order valence-electron chi connectivity index (χ2n) is 4.55. The van der Waals surface area contributed by atoms with E-state index in [9.17, 15) is 22.8 Å². The van der Waals surface area contributed by atoms with Gasteiger partial charge in [-0.1, -0.05) is 0 Å². The number of hydrogen-bond acceptors (Lipinski definition) is 2. The van der Waals surface area contributed by atoms with Crippen molar-refractivity contribution >= 4 is 12.0 Å². The zero-order valence-corrected chi connectivity index (χ0v) is 10.0. The predicted molar refractivity (Wildman–Crippen MR) is 56.0 cm³/mol. The number of alkyl halides is 3. The highest BCUT2D eigenvalue weighted by molar-refractivity contribution is 5.86. The van der Waals surface area contributed by atoms with E-state index in [0.29, 0.717) is 6.92 Å². The molecule has 1 aliphatic rings. The number of carboxylic acids is 1. The van der Waals surface area contributed by atoms with Gasteiger partial charge in [0.05, 0.1) is 0 Å². The molecule has 1 unspecified atom stereocenters. The number of halogens is 3. The number of amides is 2. The SMILES string of the molecule is CN(C(=O)NC(C)(C(=O)O)C(F)(F)F)C1CCC1. The van der Waals surface area contributed by atoms with Gasteiger partial charge in [-0.15, -0.1) is 0 Å². The molecule has 0 heterocycles. The van der Waals surface area contributed by atoms with Crippen LogP contribution in [0.4, 0.5) is 18.0 Å². The molecule has 5 nitrogen and oxygen atoms in total. The van der Waals surface area contributed by atoms with Gasteiger partial charge in [0.15, 0.2) is 0 Å². The van der Waals surface area contributed by atoms with Crippen molar-refractivity contribution in [2.24, 2.45) is 0 Å². The van der Waals surface area contributed by atoms with Crippen molar-refractivity contribution in [1.82, 2.24) is 10.2 Å². The molecular weight excluding hydrogens is 253 g/mol. The highest BCUT2D eigenvalue weighted by Crippen LogP contribution is 2.31. The summed E-state index contributed by atoms with van der Waals surface area (Å²) in [6.07, 6.45) is -2.70. The quantitative estimate of drug-likeness (QED) is 0.816. The monoisotopic (exact) mass is 268 g/mol. The minimum Gasteiger partial charge on any atom is -0.479 e. The highest BCUT2D eigenvalue weighted by atomic mass is 19.4. The van der Waals surface area contributed by atoms with Crippen LogP contribution >= 0.6 is 0 Å². The lowest BCUT2D eigenvalue weighted by atomic mass is 9.92. The largest absolute Gasteiger partial charge is 0.479 e. The lowest BCUT2D eigenvalue weighted by molar-refractivity contribution is -0.203. The van der Waals surface area contributed by atoms with Crippen molar-refractivity contribution in [3.8, 4) is 0 Å². The van der Waals surface area contributed by atoms with Gasteiger partial charge in [0.2, 0.25) is 5.54 Å². The Hall–Kier alpha value is -1.47. The molecule has 0 aromatic heterocycles. The van der Waals surface area contributed by atoms with Crippen molar-refractivity contribution in [2.45, 2.75) is 43.9 Å². The van der Waals surface area contributed by atoms with E-state index < -0.39 is 23.7 Å². The van der Waals surface area contributed by atoms with Crippen LogP contribution < -0.4 is 5.32 Å². The molecule has 1 fully saturated rings. The maximum absolute atomic E-state index is 12.7. The minimum absolute atomic E-state index is 0.115. The number of nitrogens with one attached hydrogen (secondary N) is 1. The zero-order chi connectivity index (χ0) is 14.1. The van der Waals surface area contributed by atoms with Crippen LogP contribution in [0.2, 0.25) is 0 Å². The predicted octanol–water partition coefficient (Wildman–Crippen LogP) is 1.59. The molecule has 1 rings (SSSR count). The number of nitrogens with zero attached hydrogens (tertiary/aromatic N) is 1. The van der Waals surface area contributed by atoms with Gasteiger partial charge < -0.3 is 15.3 Å². The number of hydrogen-bond donors (Lipinski definition) is 2. The standard InChI is InChI=1S/C10H15F3N2O3/c1-9(7(16)17,10(11,12)13)14-8(18)15(2)6-4-3-5-6/h6H,3-5H2,1-2H3,(H,14,18)(H,16,17). The molecule has 0 radical (unpaired) electrons. The van der Waals surface area contributed by atoms with Crippen molar-refractivity contribution in [1.29, 1.82) is 0 Å². The average Bonchev–Trinajstić information content (AvgIpc) is 2.12. The number of rotatable bonds is 3. The van der Waals surface area contributed by atoms with Crippen LogP contribution in [-0.2, 0) is 4.79 Å². The van der Waals surface area contributed by atoms with E-state index >= 15 is 0 Å². The topological polar surface area (TPSA) is 69.6 Å². The van der Waals surface area contributed by atoms with Crippen LogP contribution in [0.15, 0.2) is 0 Å². The van der Waals surface area contributed by atoms with Crippen molar-refractivity contribution in [3.63, 3.8) is 0 Å². The average molecular weight is 268 g/mol. The second kappa shape index (κ2) is 4.66. The molecule has 0 aliphatic heterocycles. The first-order valence-electron chi connectivity index (χ1n) is 5.44. The van der Waals surface area contributed by atoms with Gasteiger partial charge in [0, 0.05) is 13.1 Å². The summed E-state index contributed by atoms with van der Waals surface area (Å²) >= 11 is 0. The molecule has 2 amide bonds. The third kappa shape index (κ3) is 2.51. The third-order valence-electron chi connectivity index (χ3n) is 3.29. The van der Waals surface area contributed by atoms with Gasteiger partial charge in [-0.2, -0.15) is 13.2 Å². The second-order valence-corrected chi connectivity index (χ2v) is 4.55. The smallest absolute Gasteiger partial charge is 0.422 e. The van der Waals surface area contributed by atoms with Crippen molar-refractivity contribution < 1.29 is 27.9 Å². The number of carboxylic acid groups (broad SMARTS) is 1. The fourth-order valence-corrected chi connectivity index (χ4v) is 1.49. The van der Waals surface area contributed by atoms with Gasteiger partial charge in [-0.05, 0) is 26.2 Å². The van der Waals surface area contributed by atoms with E-state index in [2.05, 4.69) is 0 Å². The van der Waals surface area contributed by atoms with Crippen LogP contribution in [0, 0.1) is 0 Å².